The second kappa shape index (κ2) is 15.2. The van der Waals surface area contributed by atoms with Crippen LogP contribution in [0.3, 0.4) is 0 Å². The van der Waals surface area contributed by atoms with Crippen LogP contribution in [0.25, 0.3) is 10.2 Å². The Bertz CT molecular complexity index is 1210. The second-order valence-electron chi connectivity index (χ2n) is 12.8. The number of benzene rings is 1. The van der Waals surface area contributed by atoms with E-state index in [1.807, 2.05) is 0 Å². The number of rotatable bonds is 15. The number of aromatic nitrogens is 1. The normalized spacial score (nSPS) is 18.0. The van der Waals surface area contributed by atoms with Gasteiger partial charge in [0.05, 0.1) is 21.1 Å². The van der Waals surface area contributed by atoms with Gasteiger partial charge in [0.2, 0.25) is 5.91 Å². The monoisotopic (exact) mass is 579 g/mol. The molecule has 2 aliphatic rings. The number of Topliss-reactive ketones (excluding diaryl/α,β-unsaturated/α-hetero) is 2. The zero-order valence-corrected chi connectivity index (χ0v) is 26.2. The lowest BCUT2D eigenvalue weighted by Gasteiger charge is -2.28. The summed E-state index contributed by atoms with van der Waals surface area (Å²) in [5.74, 6) is 0.564. The fourth-order valence-electron chi connectivity index (χ4n) is 6.42. The zero-order valence-electron chi connectivity index (χ0n) is 25.4. The molecule has 0 radical (unpaired) electrons. The molecule has 0 unspecified atom stereocenters. The highest BCUT2D eigenvalue weighted by Gasteiger charge is 2.27. The van der Waals surface area contributed by atoms with Crippen molar-refractivity contribution in [2.75, 3.05) is 19.6 Å². The van der Waals surface area contributed by atoms with E-state index in [-0.39, 0.29) is 29.9 Å². The molecule has 1 amide bonds. The van der Waals surface area contributed by atoms with Gasteiger partial charge in [0.15, 0.2) is 5.78 Å². The third kappa shape index (κ3) is 9.57. The van der Waals surface area contributed by atoms with Crippen LogP contribution in [0.4, 0.5) is 0 Å². The molecule has 0 spiro atoms. The quantitative estimate of drug-likeness (QED) is 0.230. The molecule has 1 aliphatic heterocycles. The molecule has 1 N–H and O–H groups in total. The predicted octanol–water partition coefficient (Wildman–Crippen LogP) is 7.01. The van der Waals surface area contributed by atoms with Crippen LogP contribution in [0, 0.1) is 11.8 Å². The number of hydrogen-bond donors (Lipinski definition) is 1. The Balaban J connectivity index is 1.42. The standard InChI is InChI=1S/C34H49N3O3S/c1-23(2)27-12-14-30-32(20-27)41-33(36-30)21-28(18-25(4)38)34(40)35-29(19-26-10-6-5-7-11-26)13-15-31(39)24(3)22-37-16-8-9-17-37/h12,14,20,23,26,28-29H,3,5-11,13,15-19,21-22H2,1-2,4H3,(H,35,40)/t28-,29+/m0/s1. The third-order valence-corrected chi connectivity index (χ3v) is 9.91. The minimum absolute atomic E-state index is 0.00516. The van der Waals surface area contributed by atoms with Crippen molar-refractivity contribution in [3.63, 3.8) is 0 Å². The number of hydrogen-bond acceptors (Lipinski definition) is 6. The molecule has 2 aromatic rings. The summed E-state index contributed by atoms with van der Waals surface area (Å²) in [6.45, 7) is 12.7. The largest absolute Gasteiger partial charge is 0.353 e. The first kappa shape index (κ1) is 31.6. The van der Waals surface area contributed by atoms with Gasteiger partial charge in [0, 0.05) is 37.4 Å². The lowest BCUT2D eigenvalue weighted by atomic mass is 9.83. The van der Waals surface area contributed by atoms with E-state index in [0.29, 0.717) is 43.2 Å². The lowest BCUT2D eigenvalue weighted by Crippen LogP contribution is -2.41. The Kier molecular flexibility index (Phi) is 11.7. The molecule has 7 heteroatoms. The van der Waals surface area contributed by atoms with E-state index >= 15 is 0 Å². The molecule has 224 valence electrons. The summed E-state index contributed by atoms with van der Waals surface area (Å²) >= 11 is 1.62. The SMILES string of the molecule is C=C(CN1CCCC1)C(=O)CC[C@H](CC1CCCCC1)NC(=O)[C@@H](CC(C)=O)Cc1nc2ccc(C(C)C)cc2s1. The van der Waals surface area contributed by atoms with Gasteiger partial charge >= 0.3 is 0 Å². The van der Waals surface area contributed by atoms with E-state index in [9.17, 15) is 14.4 Å². The van der Waals surface area contributed by atoms with Gasteiger partial charge in [-0.25, -0.2) is 4.98 Å². The Morgan fingerprint density at radius 3 is 2.51 bits per heavy atom. The van der Waals surface area contributed by atoms with Crippen molar-refractivity contribution in [1.82, 2.24) is 15.2 Å². The summed E-state index contributed by atoms with van der Waals surface area (Å²) in [6.07, 6.45) is 11.1. The second-order valence-corrected chi connectivity index (χ2v) is 13.9. The number of ketones is 2. The summed E-state index contributed by atoms with van der Waals surface area (Å²) < 4.78 is 1.12. The fourth-order valence-corrected chi connectivity index (χ4v) is 7.52. The minimum atomic E-state index is -0.465. The van der Waals surface area contributed by atoms with Gasteiger partial charge < -0.3 is 10.1 Å². The maximum atomic E-state index is 13.7. The van der Waals surface area contributed by atoms with Crippen LogP contribution in [0.15, 0.2) is 30.4 Å². The molecule has 1 aromatic heterocycles. The molecule has 2 atom stereocenters. The molecule has 1 saturated heterocycles. The van der Waals surface area contributed by atoms with Crippen LogP contribution in [-0.4, -0.2) is 53.0 Å². The van der Waals surface area contributed by atoms with Crippen LogP contribution in [0.2, 0.25) is 0 Å². The van der Waals surface area contributed by atoms with Gasteiger partial charge in [0.25, 0.3) is 0 Å². The molecule has 1 saturated carbocycles. The van der Waals surface area contributed by atoms with Gasteiger partial charge in [-0.1, -0.05) is 58.6 Å². The van der Waals surface area contributed by atoms with Crippen molar-refractivity contribution in [2.45, 2.75) is 110 Å². The number of carbonyl (C=O) groups is 3. The summed E-state index contributed by atoms with van der Waals surface area (Å²) in [5, 5.41) is 4.20. The van der Waals surface area contributed by atoms with Gasteiger partial charge in [-0.15, -0.1) is 11.3 Å². The van der Waals surface area contributed by atoms with Gasteiger partial charge in [-0.3, -0.25) is 14.5 Å². The van der Waals surface area contributed by atoms with E-state index < -0.39 is 5.92 Å². The Hall–Kier alpha value is -2.38. The molecule has 0 bridgehead atoms. The topological polar surface area (TPSA) is 79.4 Å². The molecule has 41 heavy (non-hydrogen) atoms. The zero-order chi connectivity index (χ0) is 29.4. The maximum absolute atomic E-state index is 13.7. The van der Waals surface area contributed by atoms with Crippen molar-refractivity contribution in [3.05, 3.63) is 40.9 Å². The third-order valence-electron chi connectivity index (χ3n) is 8.87. The Morgan fingerprint density at radius 1 is 1.10 bits per heavy atom. The average molecular weight is 580 g/mol. The van der Waals surface area contributed by atoms with Crippen molar-refractivity contribution in [1.29, 1.82) is 0 Å². The maximum Gasteiger partial charge on any atom is 0.224 e. The molecule has 6 nitrogen and oxygen atoms in total. The first-order chi connectivity index (χ1) is 19.7. The van der Waals surface area contributed by atoms with E-state index in [4.69, 9.17) is 4.98 Å². The number of carbonyl (C=O) groups excluding carboxylic acids is 3. The average Bonchev–Trinajstić information content (AvgIpc) is 3.60. The van der Waals surface area contributed by atoms with Crippen LogP contribution in [0.1, 0.15) is 108 Å². The highest BCUT2D eigenvalue weighted by molar-refractivity contribution is 7.18. The van der Waals surface area contributed by atoms with E-state index in [1.165, 1.54) is 50.5 Å². The van der Waals surface area contributed by atoms with Crippen LogP contribution in [-0.2, 0) is 20.8 Å². The number of nitrogens with zero attached hydrogens (tertiary/aromatic N) is 2. The first-order valence-corrected chi connectivity index (χ1v) is 16.6. The summed E-state index contributed by atoms with van der Waals surface area (Å²) in [5.41, 5.74) is 2.90. The molecular formula is C34H49N3O3S. The summed E-state index contributed by atoms with van der Waals surface area (Å²) in [4.78, 5) is 46.0. The summed E-state index contributed by atoms with van der Waals surface area (Å²) in [7, 11) is 0. The Morgan fingerprint density at radius 2 is 1.83 bits per heavy atom. The van der Waals surface area contributed by atoms with Crippen molar-refractivity contribution < 1.29 is 14.4 Å². The fraction of sp³-hybridized carbons (Fsp3) is 0.647. The smallest absolute Gasteiger partial charge is 0.224 e. The molecule has 1 aliphatic carbocycles. The minimum Gasteiger partial charge on any atom is -0.353 e. The molecule has 4 rings (SSSR count). The highest BCUT2D eigenvalue weighted by Crippen LogP contribution is 2.30. The number of thiazole rings is 1. The van der Waals surface area contributed by atoms with E-state index in [0.717, 1.165) is 34.7 Å². The van der Waals surface area contributed by atoms with Gasteiger partial charge in [-0.05, 0) is 75.2 Å². The van der Waals surface area contributed by atoms with Crippen molar-refractivity contribution >= 4 is 39.0 Å². The predicted molar refractivity (Wildman–Crippen MR) is 168 cm³/mol. The molecular weight excluding hydrogens is 530 g/mol. The summed E-state index contributed by atoms with van der Waals surface area (Å²) in [6, 6.07) is 6.29. The van der Waals surface area contributed by atoms with Crippen molar-refractivity contribution in [2.24, 2.45) is 11.8 Å². The van der Waals surface area contributed by atoms with Crippen LogP contribution >= 0.6 is 11.3 Å². The first-order valence-electron chi connectivity index (χ1n) is 15.8. The van der Waals surface area contributed by atoms with Gasteiger partial charge in [-0.2, -0.15) is 0 Å². The number of likely N-dealkylation sites (tertiary alicyclic amines) is 1. The van der Waals surface area contributed by atoms with Crippen molar-refractivity contribution in [3.8, 4) is 0 Å². The van der Waals surface area contributed by atoms with Gasteiger partial charge in [0.1, 0.15) is 5.78 Å². The van der Waals surface area contributed by atoms with Crippen LogP contribution < -0.4 is 5.32 Å². The number of fused-ring (bicyclic) bond motifs is 1. The molecule has 2 fully saturated rings. The molecule has 1 aromatic carbocycles. The van der Waals surface area contributed by atoms with Crippen LogP contribution in [0.5, 0.6) is 0 Å². The number of amides is 1. The number of nitrogens with one attached hydrogen (secondary N) is 1. The lowest BCUT2D eigenvalue weighted by molar-refractivity contribution is -0.129. The van der Waals surface area contributed by atoms with E-state index in [2.05, 4.69) is 48.8 Å². The molecule has 2 heterocycles. The Labute approximate surface area is 250 Å². The highest BCUT2D eigenvalue weighted by atomic mass is 32.1. The van der Waals surface area contributed by atoms with E-state index in [1.54, 1.807) is 18.3 Å².